The van der Waals surface area contributed by atoms with Crippen molar-refractivity contribution in [1.29, 1.82) is 0 Å². The SMILES string of the molecule is O=C(NCCCc1cnc2ncnn2c1)c1cnn(-c2ccccc2)n1. The Morgan fingerprint density at radius 3 is 2.85 bits per heavy atom. The smallest absolute Gasteiger partial charge is 0.273 e. The van der Waals surface area contributed by atoms with Crippen LogP contribution < -0.4 is 5.32 Å². The third-order valence-corrected chi connectivity index (χ3v) is 3.83. The lowest BCUT2D eigenvalue weighted by molar-refractivity contribution is 0.0948. The van der Waals surface area contributed by atoms with Gasteiger partial charge in [0.25, 0.3) is 11.7 Å². The first-order chi connectivity index (χ1) is 12.8. The Morgan fingerprint density at radius 1 is 1.08 bits per heavy atom. The molecule has 0 radical (unpaired) electrons. The van der Waals surface area contributed by atoms with Crippen molar-refractivity contribution >= 4 is 11.7 Å². The molecule has 3 aromatic heterocycles. The number of hydrogen-bond donors (Lipinski definition) is 1. The number of benzene rings is 1. The Balaban J connectivity index is 1.29. The molecule has 0 saturated carbocycles. The van der Waals surface area contributed by atoms with Gasteiger partial charge in [0, 0.05) is 18.9 Å². The molecular formula is C17H16N8O. The van der Waals surface area contributed by atoms with Crippen molar-refractivity contribution in [2.45, 2.75) is 12.8 Å². The Kier molecular flexibility index (Phi) is 4.33. The molecule has 0 aliphatic carbocycles. The highest BCUT2D eigenvalue weighted by Crippen LogP contribution is 2.05. The van der Waals surface area contributed by atoms with Gasteiger partial charge in [0.05, 0.1) is 11.9 Å². The third kappa shape index (κ3) is 3.41. The Hall–Kier alpha value is -3.62. The van der Waals surface area contributed by atoms with E-state index in [4.69, 9.17) is 0 Å². The molecule has 0 atom stereocenters. The summed E-state index contributed by atoms with van der Waals surface area (Å²) >= 11 is 0. The van der Waals surface area contributed by atoms with Crippen LogP contribution in [0.2, 0.25) is 0 Å². The van der Waals surface area contributed by atoms with E-state index < -0.39 is 0 Å². The lowest BCUT2D eigenvalue weighted by atomic mass is 10.2. The van der Waals surface area contributed by atoms with Gasteiger partial charge in [-0.1, -0.05) is 18.2 Å². The van der Waals surface area contributed by atoms with Gasteiger partial charge >= 0.3 is 0 Å². The Morgan fingerprint density at radius 2 is 1.96 bits per heavy atom. The van der Waals surface area contributed by atoms with E-state index in [9.17, 15) is 4.79 Å². The second-order valence-corrected chi connectivity index (χ2v) is 5.68. The van der Waals surface area contributed by atoms with E-state index in [2.05, 4.69) is 30.6 Å². The highest BCUT2D eigenvalue weighted by molar-refractivity contribution is 5.91. The van der Waals surface area contributed by atoms with Crippen molar-refractivity contribution in [1.82, 2.24) is 39.9 Å². The fourth-order valence-corrected chi connectivity index (χ4v) is 2.53. The molecule has 4 rings (SSSR count). The molecule has 26 heavy (non-hydrogen) atoms. The summed E-state index contributed by atoms with van der Waals surface area (Å²) in [5.41, 5.74) is 2.13. The van der Waals surface area contributed by atoms with Crippen LogP contribution in [0, 0.1) is 0 Å². The second-order valence-electron chi connectivity index (χ2n) is 5.68. The number of hydrogen-bond acceptors (Lipinski definition) is 6. The average molecular weight is 348 g/mol. The van der Waals surface area contributed by atoms with Crippen molar-refractivity contribution in [3.8, 4) is 5.69 Å². The van der Waals surface area contributed by atoms with E-state index in [1.165, 1.54) is 17.3 Å². The first kappa shape index (κ1) is 15.9. The monoisotopic (exact) mass is 348 g/mol. The van der Waals surface area contributed by atoms with Crippen molar-refractivity contribution in [3.63, 3.8) is 0 Å². The molecule has 4 aromatic rings. The van der Waals surface area contributed by atoms with Gasteiger partial charge in [-0.25, -0.2) is 9.50 Å². The summed E-state index contributed by atoms with van der Waals surface area (Å²) < 4.78 is 1.63. The quantitative estimate of drug-likeness (QED) is 0.523. The molecule has 1 aromatic carbocycles. The highest BCUT2D eigenvalue weighted by atomic mass is 16.2. The second kappa shape index (κ2) is 7.09. The van der Waals surface area contributed by atoms with Gasteiger partial charge in [0.1, 0.15) is 6.33 Å². The molecule has 9 nitrogen and oxygen atoms in total. The van der Waals surface area contributed by atoms with Crippen LogP contribution in [0.5, 0.6) is 0 Å². The molecule has 3 heterocycles. The van der Waals surface area contributed by atoms with E-state index in [1.807, 2.05) is 36.5 Å². The number of carbonyl (C=O) groups is 1. The lowest BCUT2D eigenvalue weighted by Crippen LogP contribution is -2.25. The van der Waals surface area contributed by atoms with Crippen LogP contribution in [-0.2, 0) is 6.42 Å². The number of amides is 1. The van der Waals surface area contributed by atoms with Crippen LogP contribution in [0.4, 0.5) is 0 Å². The van der Waals surface area contributed by atoms with Crippen LogP contribution in [0.3, 0.4) is 0 Å². The summed E-state index contributed by atoms with van der Waals surface area (Å²) in [6, 6.07) is 9.45. The topological polar surface area (TPSA) is 103 Å². The molecule has 1 N–H and O–H groups in total. The van der Waals surface area contributed by atoms with Gasteiger partial charge in [0.2, 0.25) is 0 Å². The molecule has 1 amide bonds. The molecule has 130 valence electrons. The summed E-state index contributed by atoms with van der Waals surface area (Å²) in [4.78, 5) is 21.8. The summed E-state index contributed by atoms with van der Waals surface area (Å²) in [5.74, 6) is 0.334. The largest absolute Gasteiger partial charge is 0.351 e. The zero-order chi connectivity index (χ0) is 17.8. The molecule has 0 aliphatic rings. The maximum Gasteiger partial charge on any atom is 0.273 e. The van der Waals surface area contributed by atoms with Crippen LogP contribution >= 0.6 is 0 Å². The van der Waals surface area contributed by atoms with Gasteiger partial charge in [-0.2, -0.15) is 20.0 Å². The van der Waals surface area contributed by atoms with Crippen LogP contribution in [0.25, 0.3) is 11.5 Å². The maximum atomic E-state index is 12.2. The summed E-state index contributed by atoms with van der Waals surface area (Å²) in [6.45, 7) is 0.534. The van der Waals surface area contributed by atoms with E-state index in [-0.39, 0.29) is 5.91 Å². The minimum atomic E-state index is -0.239. The maximum absolute atomic E-state index is 12.2. The zero-order valence-electron chi connectivity index (χ0n) is 13.9. The van der Waals surface area contributed by atoms with Crippen LogP contribution in [0.1, 0.15) is 22.5 Å². The summed E-state index contributed by atoms with van der Waals surface area (Å²) in [6.07, 6.45) is 8.15. The number of para-hydroxylation sites is 1. The van der Waals surface area contributed by atoms with E-state index >= 15 is 0 Å². The number of rotatable bonds is 6. The number of carbonyl (C=O) groups excluding carboxylic acids is 1. The fourth-order valence-electron chi connectivity index (χ4n) is 2.53. The predicted molar refractivity (Wildman–Crippen MR) is 92.8 cm³/mol. The summed E-state index contributed by atoms with van der Waals surface area (Å²) in [7, 11) is 0. The van der Waals surface area contributed by atoms with Crippen LogP contribution in [0.15, 0.2) is 55.2 Å². The lowest BCUT2D eigenvalue weighted by Gasteiger charge is -2.03. The minimum absolute atomic E-state index is 0.239. The molecule has 0 saturated heterocycles. The predicted octanol–water partition coefficient (Wildman–Crippen LogP) is 1.07. The van der Waals surface area contributed by atoms with Crippen molar-refractivity contribution in [2.75, 3.05) is 6.54 Å². The number of nitrogens with one attached hydrogen (secondary N) is 1. The molecule has 9 heteroatoms. The third-order valence-electron chi connectivity index (χ3n) is 3.83. The van der Waals surface area contributed by atoms with Gasteiger partial charge < -0.3 is 5.32 Å². The average Bonchev–Trinajstić information content (AvgIpc) is 3.35. The molecular weight excluding hydrogens is 332 g/mol. The van der Waals surface area contributed by atoms with Crippen LogP contribution in [-0.4, -0.2) is 47.0 Å². The number of nitrogens with zero attached hydrogens (tertiary/aromatic N) is 7. The number of aryl methyl sites for hydroxylation is 1. The van der Waals surface area contributed by atoms with Crippen molar-refractivity contribution < 1.29 is 4.79 Å². The van der Waals surface area contributed by atoms with Crippen molar-refractivity contribution in [2.24, 2.45) is 0 Å². The molecule has 0 fully saturated rings. The van der Waals surface area contributed by atoms with Gasteiger partial charge in [-0.15, -0.1) is 5.10 Å². The zero-order valence-corrected chi connectivity index (χ0v) is 13.9. The first-order valence-electron chi connectivity index (χ1n) is 8.20. The highest BCUT2D eigenvalue weighted by Gasteiger charge is 2.10. The Bertz CT molecular complexity index is 1020. The molecule has 0 bridgehead atoms. The van der Waals surface area contributed by atoms with Gasteiger partial charge in [0.15, 0.2) is 5.69 Å². The van der Waals surface area contributed by atoms with Crippen molar-refractivity contribution in [3.05, 3.63) is 66.5 Å². The number of fused-ring (bicyclic) bond motifs is 1. The normalized spacial score (nSPS) is 10.9. The van der Waals surface area contributed by atoms with Gasteiger partial charge in [-0.3, -0.25) is 4.79 Å². The van der Waals surface area contributed by atoms with Gasteiger partial charge in [-0.05, 0) is 30.5 Å². The standard InChI is InChI=1S/C17H16N8O/c26-16(15-10-21-25(23-15)14-6-2-1-3-7-14)18-8-4-5-13-9-19-17-20-12-22-24(17)11-13/h1-3,6-7,9-12H,4-5,8H2,(H,18,26). The van der Waals surface area contributed by atoms with E-state index in [1.54, 1.807) is 10.7 Å². The Labute approximate surface area is 148 Å². The summed E-state index contributed by atoms with van der Waals surface area (Å²) in [5, 5.41) is 15.3. The minimum Gasteiger partial charge on any atom is -0.351 e. The molecule has 0 spiro atoms. The van der Waals surface area contributed by atoms with E-state index in [0.29, 0.717) is 18.0 Å². The molecule has 0 unspecified atom stereocenters. The first-order valence-corrected chi connectivity index (χ1v) is 8.20. The number of aromatic nitrogens is 7. The fraction of sp³-hybridized carbons (Fsp3) is 0.176. The molecule has 0 aliphatic heterocycles. The van der Waals surface area contributed by atoms with E-state index in [0.717, 1.165) is 24.1 Å².